The van der Waals surface area contributed by atoms with Crippen LogP contribution in [0.4, 0.5) is 0 Å². The zero-order valence-electron chi connectivity index (χ0n) is 18.8. The largest absolute Gasteiger partial charge is 0.463 e. The van der Waals surface area contributed by atoms with Crippen molar-refractivity contribution in [1.82, 2.24) is 4.57 Å². The van der Waals surface area contributed by atoms with Crippen molar-refractivity contribution >= 4 is 34.7 Å². The second-order valence-corrected chi connectivity index (χ2v) is 10.7. The average Bonchev–Trinajstić information content (AvgIpc) is 3.36. The summed E-state index contributed by atoms with van der Waals surface area (Å²) in [4.78, 5) is 32.4. The van der Waals surface area contributed by atoms with E-state index in [9.17, 15) is 9.59 Å². The lowest BCUT2D eigenvalue weighted by Gasteiger charge is -2.23. The Kier molecular flexibility index (Phi) is 6.05. The number of thiazole rings is 1. The highest BCUT2D eigenvalue weighted by Crippen LogP contribution is 2.33. The summed E-state index contributed by atoms with van der Waals surface area (Å²) in [6, 6.07) is 11.6. The molecule has 0 unspecified atom stereocenters. The van der Waals surface area contributed by atoms with Gasteiger partial charge in [-0.3, -0.25) is 9.36 Å². The minimum atomic E-state index is -0.532. The van der Waals surface area contributed by atoms with Gasteiger partial charge in [0.15, 0.2) is 4.80 Å². The number of hydrogen-bond acceptors (Lipinski definition) is 6. The standard InChI is InChI=1S/C25H26N2O3S2/c1-6-30-23(29)20-15(2)26-24-27(21(20)18-8-7-13-31-18)22(28)19(32-24)14-16-9-11-17(12-10-16)25(3,4)5/h7-14,21H,6H2,1-5H3/b19-14-/t21-/m0/s1. The van der Waals surface area contributed by atoms with E-state index < -0.39 is 12.0 Å². The van der Waals surface area contributed by atoms with Crippen molar-refractivity contribution in [2.75, 3.05) is 6.61 Å². The molecule has 3 heterocycles. The number of aromatic nitrogens is 1. The number of nitrogens with zero attached hydrogens (tertiary/aromatic N) is 2. The lowest BCUT2D eigenvalue weighted by atomic mass is 9.87. The van der Waals surface area contributed by atoms with E-state index in [0.717, 1.165) is 10.4 Å². The number of rotatable bonds is 4. The molecule has 0 saturated heterocycles. The van der Waals surface area contributed by atoms with Gasteiger partial charge in [-0.1, -0.05) is 62.4 Å². The minimum Gasteiger partial charge on any atom is -0.463 e. The quantitative estimate of drug-likeness (QED) is 0.543. The molecule has 3 aromatic rings. The van der Waals surface area contributed by atoms with Crippen LogP contribution in [0.3, 0.4) is 0 Å². The lowest BCUT2D eigenvalue weighted by molar-refractivity contribution is -0.139. The molecule has 0 radical (unpaired) electrons. The Balaban J connectivity index is 1.86. The minimum absolute atomic E-state index is 0.0691. The molecule has 1 aliphatic heterocycles. The van der Waals surface area contributed by atoms with Gasteiger partial charge in [-0.2, -0.15) is 0 Å². The van der Waals surface area contributed by atoms with Gasteiger partial charge in [-0.25, -0.2) is 9.79 Å². The van der Waals surface area contributed by atoms with Crippen LogP contribution < -0.4 is 14.9 Å². The fourth-order valence-electron chi connectivity index (χ4n) is 3.74. The van der Waals surface area contributed by atoms with Gasteiger partial charge in [-0.05, 0) is 47.9 Å². The van der Waals surface area contributed by atoms with E-state index in [1.165, 1.54) is 28.2 Å². The van der Waals surface area contributed by atoms with Crippen LogP contribution in [0, 0.1) is 0 Å². The van der Waals surface area contributed by atoms with E-state index in [4.69, 9.17) is 4.74 Å². The molecule has 0 bridgehead atoms. The Morgan fingerprint density at radius 2 is 1.94 bits per heavy atom. The van der Waals surface area contributed by atoms with Crippen molar-refractivity contribution in [3.8, 4) is 0 Å². The number of carbonyl (C=O) groups is 1. The Morgan fingerprint density at radius 1 is 1.22 bits per heavy atom. The third-order valence-electron chi connectivity index (χ3n) is 5.40. The zero-order valence-corrected chi connectivity index (χ0v) is 20.5. The van der Waals surface area contributed by atoms with E-state index in [1.807, 2.05) is 35.7 Å². The number of fused-ring (bicyclic) bond motifs is 1. The van der Waals surface area contributed by atoms with E-state index in [-0.39, 0.29) is 17.6 Å². The van der Waals surface area contributed by atoms with Crippen LogP contribution in [-0.2, 0) is 14.9 Å². The number of carbonyl (C=O) groups excluding carboxylic acids is 1. The van der Waals surface area contributed by atoms with Crippen molar-refractivity contribution in [3.05, 3.63) is 88.7 Å². The Morgan fingerprint density at radius 3 is 2.53 bits per heavy atom. The Bertz CT molecular complexity index is 1350. The van der Waals surface area contributed by atoms with Crippen molar-refractivity contribution in [2.24, 2.45) is 4.99 Å². The third kappa shape index (κ3) is 4.14. The van der Waals surface area contributed by atoms with Crippen LogP contribution in [0.15, 0.2) is 62.8 Å². The summed E-state index contributed by atoms with van der Waals surface area (Å²) in [6.07, 6.45) is 1.89. The molecule has 7 heteroatoms. The molecule has 166 valence electrons. The first kappa shape index (κ1) is 22.4. The Hall–Kier alpha value is -2.77. The number of esters is 1. The van der Waals surface area contributed by atoms with E-state index >= 15 is 0 Å². The van der Waals surface area contributed by atoms with Gasteiger partial charge in [0.1, 0.15) is 6.04 Å². The molecule has 0 N–H and O–H groups in total. The number of ether oxygens (including phenoxy) is 1. The summed E-state index contributed by atoms with van der Waals surface area (Å²) >= 11 is 2.86. The topological polar surface area (TPSA) is 60.7 Å². The Labute approximate surface area is 195 Å². The van der Waals surface area contributed by atoms with E-state index in [2.05, 4.69) is 37.9 Å². The average molecular weight is 467 g/mol. The lowest BCUT2D eigenvalue weighted by Crippen LogP contribution is -2.39. The molecular weight excluding hydrogens is 440 g/mol. The van der Waals surface area contributed by atoms with E-state index in [1.54, 1.807) is 18.4 Å². The van der Waals surface area contributed by atoms with Gasteiger partial charge in [0.25, 0.3) is 5.56 Å². The molecule has 0 amide bonds. The van der Waals surface area contributed by atoms with Gasteiger partial charge in [0, 0.05) is 4.88 Å². The monoisotopic (exact) mass is 466 g/mol. The molecule has 32 heavy (non-hydrogen) atoms. The van der Waals surface area contributed by atoms with Gasteiger partial charge in [-0.15, -0.1) is 11.3 Å². The van der Waals surface area contributed by atoms with Crippen LogP contribution in [0.2, 0.25) is 0 Å². The predicted octanol–water partition coefficient (Wildman–Crippen LogP) is 4.16. The molecule has 0 aliphatic carbocycles. The highest BCUT2D eigenvalue weighted by atomic mass is 32.1. The highest BCUT2D eigenvalue weighted by Gasteiger charge is 2.33. The van der Waals surface area contributed by atoms with Crippen LogP contribution in [0.1, 0.15) is 56.7 Å². The van der Waals surface area contributed by atoms with Crippen molar-refractivity contribution < 1.29 is 9.53 Å². The maximum atomic E-state index is 13.5. The first-order chi connectivity index (χ1) is 15.2. The SMILES string of the molecule is CCOC(=O)C1=C(C)N=c2s/c(=C\c3ccc(C(C)(C)C)cc3)c(=O)n2[C@H]1c1cccs1. The summed E-state index contributed by atoms with van der Waals surface area (Å²) in [5.74, 6) is -0.431. The number of benzene rings is 1. The summed E-state index contributed by atoms with van der Waals surface area (Å²) in [5.41, 5.74) is 3.12. The highest BCUT2D eigenvalue weighted by molar-refractivity contribution is 7.10. The molecule has 1 aliphatic rings. The molecule has 0 spiro atoms. The number of allylic oxidation sites excluding steroid dienone is 1. The summed E-state index contributed by atoms with van der Waals surface area (Å²) < 4.78 is 7.52. The van der Waals surface area contributed by atoms with Crippen LogP contribution in [0.25, 0.3) is 6.08 Å². The van der Waals surface area contributed by atoms with Crippen molar-refractivity contribution in [2.45, 2.75) is 46.1 Å². The summed E-state index contributed by atoms with van der Waals surface area (Å²) in [5, 5.41) is 1.94. The van der Waals surface area contributed by atoms with Gasteiger partial charge >= 0.3 is 5.97 Å². The summed E-state index contributed by atoms with van der Waals surface area (Å²) in [7, 11) is 0. The van der Waals surface area contributed by atoms with Crippen molar-refractivity contribution in [3.63, 3.8) is 0 Å². The van der Waals surface area contributed by atoms with Gasteiger partial charge in [0.2, 0.25) is 0 Å². The number of hydrogen-bond donors (Lipinski definition) is 0. The number of thiophene rings is 1. The fraction of sp³-hybridized carbons (Fsp3) is 0.320. The first-order valence-corrected chi connectivity index (χ1v) is 12.2. The second-order valence-electron chi connectivity index (χ2n) is 8.69. The molecule has 2 aromatic heterocycles. The van der Waals surface area contributed by atoms with Crippen molar-refractivity contribution in [1.29, 1.82) is 0 Å². The molecule has 4 rings (SSSR count). The second kappa shape index (κ2) is 8.64. The molecule has 1 atom stereocenters. The van der Waals surface area contributed by atoms with Gasteiger partial charge < -0.3 is 4.74 Å². The molecule has 5 nitrogen and oxygen atoms in total. The molecular formula is C25H26N2O3S2. The van der Waals surface area contributed by atoms with E-state index in [0.29, 0.717) is 20.6 Å². The maximum absolute atomic E-state index is 13.5. The smallest absolute Gasteiger partial charge is 0.338 e. The zero-order chi connectivity index (χ0) is 23.0. The molecule has 0 fully saturated rings. The third-order valence-corrected chi connectivity index (χ3v) is 7.31. The maximum Gasteiger partial charge on any atom is 0.338 e. The van der Waals surface area contributed by atoms with Gasteiger partial charge in [0.05, 0.1) is 22.4 Å². The molecule has 0 saturated carbocycles. The van der Waals surface area contributed by atoms with Crippen LogP contribution in [-0.4, -0.2) is 17.1 Å². The summed E-state index contributed by atoms with van der Waals surface area (Å²) in [6.45, 7) is 10.4. The normalized spacial score (nSPS) is 16.7. The predicted molar refractivity (Wildman–Crippen MR) is 130 cm³/mol. The van der Waals surface area contributed by atoms with Crippen LogP contribution in [0.5, 0.6) is 0 Å². The molecule has 1 aromatic carbocycles. The first-order valence-electron chi connectivity index (χ1n) is 10.5. The van der Waals surface area contributed by atoms with Crippen LogP contribution >= 0.6 is 22.7 Å². The fourth-order valence-corrected chi connectivity index (χ4v) is 5.61.